The van der Waals surface area contributed by atoms with Crippen molar-refractivity contribution in [1.29, 1.82) is 0 Å². The van der Waals surface area contributed by atoms with E-state index in [4.69, 9.17) is 4.74 Å². The fourth-order valence-electron chi connectivity index (χ4n) is 2.13. The van der Waals surface area contributed by atoms with E-state index in [1.165, 1.54) is 0 Å². The first-order valence-corrected chi connectivity index (χ1v) is 6.82. The van der Waals surface area contributed by atoms with Gasteiger partial charge in [0.15, 0.2) is 0 Å². The lowest BCUT2D eigenvalue weighted by Crippen LogP contribution is -2.35. The lowest BCUT2D eigenvalue weighted by Gasteiger charge is -2.22. The molecule has 2 heterocycles. The molecule has 2 rings (SSSR count). The summed E-state index contributed by atoms with van der Waals surface area (Å²) in [6.07, 6.45) is 6.26. The van der Waals surface area contributed by atoms with Gasteiger partial charge in [0.05, 0.1) is 19.1 Å². The van der Waals surface area contributed by atoms with Crippen LogP contribution in [0.5, 0.6) is 0 Å². The number of nitrogens with zero attached hydrogens (tertiary/aromatic N) is 1. The maximum atomic E-state index is 11.7. The number of ether oxygens (including phenoxy) is 1. The monoisotopic (exact) mass is 263 g/mol. The molecule has 0 spiro atoms. The number of hydrogen-bond acceptors (Lipinski definition) is 4. The van der Waals surface area contributed by atoms with Gasteiger partial charge in [0.25, 0.3) is 0 Å². The molecule has 1 aliphatic rings. The van der Waals surface area contributed by atoms with Gasteiger partial charge in [-0.25, -0.2) is 0 Å². The second kappa shape index (κ2) is 7.86. The zero-order chi connectivity index (χ0) is 13.3. The molecule has 1 fully saturated rings. The van der Waals surface area contributed by atoms with Crippen molar-refractivity contribution >= 4 is 5.91 Å². The summed E-state index contributed by atoms with van der Waals surface area (Å²) >= 11 is 0. The molecule has 0 aliphatic carbocycles. The van der Waals surface area contributed by atoms with Gasteiger partial charge in [0, 0.05) is 18.9 Å². The van der Waals surface area contributed by atoms with Crippen LogP contribution < -0.4 is 10.6 Å². The van der Waals surface area contributed by atoms with Crippen LogP contribution in [0.1, 0.15) is 18.4 Å². The number of piperidine rings is 1. The van der Waals surface area contributed by atoms with E-state index in [1.54, 1.807) is 12.4 Å². The summed E-state index contributed by atoms with van der Waals surface area (Å²) in [4.78, 5) is 15.6. The van der Waals surface area contributed by atoms with Crippen molar-refractivity contribution < 1.29 is 9.53 Å². The molecule has 1 saturated heterocycles. The van der Waals surface area contributed by atoms with Crippen LogP contribution in [-0.2, 0) is 16.0 Å². The number of carbonyl (C=O) groups is 1. The van der Waals surface area contributed by atoms with Crippen LogP contribution in [0.3, 0.4) is 0 Å². The van der Waals surface area contributed by atoms with Crippen LogP contribution in [0.15, 0.2) is 24.5 Å². The Morgan fingerprint density at radius 1 is 1.37 bits per heavy atom. The predicted octanol–water partition coefficient (Wildman–Crippen LogP) is 0.509. The summed E-state index contributed by atoms with van der Waals surface area (Å²) in [5, 5.41) is 6.17. The number of amides is 1. The molecule has 5 nitrogen and oxygen atoms in total. The molecule has 0 unspecified atom stereocenters. The molecule has 1 amide bonds. The van der Waals surface area contributed by atoms with Crippen LogP contribution in [-0.4, -0.2) is 43.2 Å². The molecular weight excluding hydrogens is 242 g/mol. The number of rotatable bonds is 6. The van der Waals surface area contributed by atoms with Crippen molar-refractivity contribution in [2.75, 3.05) is 26.2 Å². The Balaban J connectivity index is 1.56. The van der Waals surface area contributed by atoms with Crippen molar-refractivity contribution in [1.82, 2.24) is 15.6 Å². The van der Waals surface area contributed by atoms with Crippen molar-refractivity contribution in [3.8, 4) is 0 Å². The lowest BCUT2D eigenvalue weighted by atomic mass is 10.1. The van der Waals surface area contributed by atoms with Gasteiger partial charge in [-0.15, -0.1) is 0 Å². The standard InChI is InChI=1S/C14H21N3O2/c18-14(11-12-1-5-15-6-2-12)17-9-10-19-13-3-7-16-8-4-13/h1-2,5-6,13,16H,3-4,7-11H2,(H,17,18). The molecule has 0 saturated carbocycles. The highest BCUT2D eigenvalue weighted by Crippen LogP contribution is 2.06. The van der Waals surface area contributed by atoms with Crippen LogP contribution in [0.25, 0.3) is 0 Å². The third kappa shape index (κ3) is 5.36. The second-order valence-corrected chi connectivity index (χ2v) is 4.70. The Morgan fingerprint density at radius 2 is 2.11 bits per heavy atom. The van der Waals surface area contributed by atoms with Gasteiger partial charge < -0.3 is 15.4 Å². The number of pyridine rings is 1. The summed E-state index contributed by atoms with van der Waals surface area (Å²) in [7, 11) is 0. The van der Waals surface area contributed by atoms with Gasteiger partial charge in [0.1, 0.15) is 0 Å². The highest BCUT2D eigenvalue weighted by Gasteiger charge is 2.12. The molecule has 19 heavy (non-hydrogen) atoms. The molecular formula is C14H21N3O2. The molecule has 1 aromatic heterocycles. The largest absolute Gasteiger partial charge is 0.376 e. The van der Waals surface area contributed by atoms with Gasteiger partial charge in [-0.3, -0.25) is 9.78 Å². The van der Waals surface area contributed by atoms with Crippen LogP contribution in [0.2, 0.25) is 0 Å². The number of carbonyl (C=O) groups excluding carboxylic acids is 1. The van der Waals surface area contributed by atoms with E-state index in [0.29, 0.717) is 25.7 Å². The van der Waals surface area contributed by atoms with Crippen LogP contribution >= 0.6 is 0 Å². The van der Waals surface area contributed by atoms with Crippen LogP contribution in [0.4, 0.5) is 0 Å². The number of hydrogen-bond donors (Lipinski definition) is 2. The first kappa shape index (κ1) is 14.0. The lowest BCUT2D eigenvalue weighted by molar-refractivity contribution is -0.120. The molecule has 0 radical (unpaired) electrons. The predicted molar refractivity (Wildman–Crippen MR) is 72.8 cm³/mol. The van der Waals surface area contributed by atoms with E-state index in [9.17, 15) is 4.79 Å². The van der Waals surface area contributed by atoms with Gasteiger partial charge in [-0.1, -0.05) is 0 Å². The van der Waals surface area contributed by atoms with Gasteiger partial charge in [-0.2, -0.15) is 0 Å². The Kier molecular flexibility index (Phi) is 5.78. The topological polar surface area (TPSA) is 63.2 Å². The average molecular weight is 263 g/mol. The third-order valence-corrected chi connectivity index (χ3v) is 3.18. The highest BCUT2D eigenvalue weighted by molar-refractivity contribution is 5.78. The molecule has 0 bridgehead atoms. The smallest absolute Gasteiger partial charge is 0.224 e. The zero-order valence-corrected chi connectivity index (χ0v) is 11.1. The number of aromatic nitrogens is 1. The van der Waals surface area contributed by atoms with Crippen LogP contribution in [0, 0.1) is 0 Å². The molecule has 1 aliphatic heterocycles. The second-order valence-electron chi connectivity index (χ2n) is 4.70. The number of nitrogens with one attached hydrogen (secondary N) is 2. The molecule has 0 atom stereocenters. The third-order valence-electron chi connectivity index (χ3n) is 3.18. The van der Waals surface area contributed by atoms with Gasteiger partial charge in [-0.05, 0) is 43.6 Å². The Morgan fingerprint density at radius 3 is 2.84 bits per heavy atom. The first-order valence-electron chi connectivity index (χ1n) is 6.82. The molecule has 5 heteroatoms. The quantitative estimate of drug-likeness (QED) is 0.734. The first-order chi connectivity index (χ1) is 9.34. The maximum absolute atomic E-state index is 11.7. The molecule has 1 aromatic rings. The maximum Gasteiger partial charge on any atom is 0.224 e. The van der Waals surface area contributed by atoms with Gasteiger partial charge >= 0.3 is 0 Å². The minimum absolute atomic E-state index is 0.0279. The van der Waals surface area contributed by atoms with Crippen molar-refractivity contribution in [2.45, 2.75) is 25.4 Å². The summed E-state index contributed by atoms with van der Waals surface area (Å²) in [6, 6.07) is 3.70. The summed E-state index contributed by atoms with van der Waals surface area (Å²) in [6.45, 7) is 3.22. The van der Waals surface area contributed by atoms with Crippen molar-refractivity contribution in [3.63, 3.8) is 0 Å². The fourth-order valence-corrected chi connectivity index (χ4v) is 2.13. The Hall–Kier alpha value is -1.46. The van der Waals surface area contributed by atoms with E-state index in [0.717, 1.165) is 31.5 Å². The van der Waals surface area contributed by atoms with E-state index in [-0.39, 0.29) is 5.91 Å². The zero-order valence-electron chi connectivity index (χ0n) is 11.1. The Labute approximate surface area is 113 Å². The summed E-state index contributed by atoms with van der Waals surface area (Å²) in [5.74, 6) is 0.0279. The normalized spacial score (nSPS) is 16.2. The van der Waals surface area contributed by atoms with E-state index < -0.39 is 0 Å². The van der Waals surface area contributed by atoms with E-state index in [1.807, 2.05) is 12.1 Å². The van der Waals surface area contributed by atoms with E-state index >= 15 is 0 Å². The molecule has 104 valence electrons. The average Bonchev–Trinajstić information content (AvgIpc) is 2.46. The summed E-state index contributed by atoms with van der Waals surface area (Å²) in [5.41, 5.74) is 0.978. The molecule has 2 N–H and O–H groups in total. The van der Waals surface area contributed by atoms with Gasteiger partial charge in [0.2, 0.25) is 5.91 Å². The van der Waals surface area contributed by atoms with Crippen molar-refractivity contribution in [3.05, 3.63) is 30.1 Å². The minimum Gasteiger partial charge on any atom is -0.376 e. The highest BCUT2D eigenvalue weighted by atomic mass is 16.5. The molecule has 0 aromatic carbocycles. The van der Waals surface area contributed by atoms with E-state index in [2.05, 4.69) is 15.6 Å². The SMILES string of the molecule is O=C(Cc1ccncc1)NCCOC1CCNCC1. The summed E-state index contributed by atoms with van der Waals surface area (Å²) < 4.78 is 5.72. The van der Waals surface area contributed by atoms with Crippen molar-refractivity contribution in [2.24, 2.45) is 0 Å². The minimum atomic E-state index is 0.0279. The Bertz CT molecular complexity index is 378. The fraction of sp³-hybridized carbons (Fsp3) is 0.571.